The fraction of sp³-hybridized carbons (Fsp3) is 0.182. The fourth-order valence-corrected chi connectivity index (χ4v) is 4.14. The lowest BCUT2D eigenvalue weighted by atomic mass is 10.1. The number of nitrogens with one attached hydrogen (secondary N) is 1. The van der Waals surface area contributed by atoms with Gasteiger partial charge in [-0.3, -0.25) is 4.98 Å². The van der Waals surface area contributed by atoms with Crippen LogP contribution in [0.2, 0.25) is 0 Å². The van der Waals surface area contributed by atoms with Gasteiger partial charge >= 0.3 is 0 Å². The molecule has 0 aliphatic carbocycles. The number of nitrogens with zero attached hydrogens (tertiary/aromatic N) is 6. The van der Waals surface area contributed by atoms with Gasteiger partial charge in [0.25, 0.3) is 0 Å². The van der Waals surface area contributed by atoms with E-state index in [0.29, 0.717) is 18.2 Å². The van der Waals surface area contributed by atoms with Gasteiger partial charge in [-0.05, 0) is 48.0 Å². The van der Waals surface area contributed by atoms with Gasteiger partial charge in [-0.2, -0.15) is 10.1 Å². The highest BCUT2D eigenvalue weighted by molar-refractivity contribution is 9.10. The van der Waals surface area contributed by atoms with Gasteiger partial charge in [0.05, 0.1) is 21.9 Å². The third kappa shape index (κ3) is 3.66. The SMILES string of the molecule is CCOC(C)n1cc(-c2ccn3nc(Nc4ccnc5ccccc45)nc3c2Br)cn1. The minimum Gasteiger partial charge on any atom is -0.357 e. The molecule has 0 fully saturated rings. The van der Waals surface area contributed by atoms with E-state index in [-0.39, 0.29) is 6.23 Å². The molecule has 4 aromatic heterocycles. The lowest BCUT2D eigenvalue weighted by Gasteiger charge is -2.11. The molecule has 1 N–H and O–H groups in total. The zero-order valence-electron chi connectivity index (χ0n) is 17.0. The molecule has 4 heterocycles. The smallest absolute Gasteiger partial charge is 0.247 e. The van der Waals surface area contributed by atoms with E-state index in [4.69, 9.17) is 9.72 Å². The first-order valence-electron chi connectivity index (χ1n) is 9.96. The highest BCUT2D eigenvalue weighted by Crippen LogP contribution is 2.32. The van der Waals surface area contributed by atoms with Crippen LogP contribution in [-0.4, -0.2) is 36.0 Å². The Kier molecular flexibility index (Phi) is 5.13. The van der Waals surface area contributed by atoms with Crippen molar-refractivity contribution in [2.75, 3.05) is 11.9 Å². The first-order chi connectivity index (χ1) is 15.1. The molecule has 0 spiro atoms. The molecule has 31 heavy (non-hydrogen) atoms. The first kappa shape index (κ1) is 19.7. The molecule has 1 atom stereocenters. The van der Waals surface area contributed by atoms with Crippen LogP contribution in [0, 0.1) is 0 Å². The number of ether oxygens (including phenoxy) is 1. The van der Waals surface area contributed by atoms with Gasteiger partial charge in [-0.25, -0.2) is 9.20 Å². The van der Waals surface area contributed by atoms with E-state index in [1.54, 1.807) is 15.4 Å². The predicted octanol–water partition coefficient (Wildman–Crippen LogP) is 5.20. The minimum absolute atomic E-state index is 0.125. The van der Waals surface area contributed by atoms with E-state index in [2.05, 4.69) is 36.4 Å². The number of rotatable bonds is 6. The summed E-state index contributed by atoms with van der Waals surface area (Å²) in [5.41, 5.74) is 4.49. The number of pyridine rings is 2. The Morgan fingerprint density at radius 3 is 2.94 bits per heavy atom. The van der Waals surface area contributed by atoms with E-state index in [0.717, 1.165) is 32.2 Å². The largest absolute Gasteiger partial charge is 0.357 e. The van der Waals surface area contributed by atoms with Gasteiger partial charge in [0.2, 0.25) is 5.95 Å². The fourth-order valence-electron chi connectivity index (χ4n) is 3.51. The third-order valence-electron chi connectivity index (χ3n) is 5.03. The number of anilines is 2. The van der Waals surface area contributed by atoms with Crippen molar-refractivity contribution in [1.29, 1.82) is 0 Å². The Morgan fingerprint density at radius 2 is 2.06 bits per heavy atom. The lowest BCUT2D eigenvalue weighted by Crippen LogP contribution is -2.09. The van der Waals surface area contributed by atoms with E-state index < -0.39 is 0 Å². The number of hydrogen-bond acceptors (Lipinski definition) is 6. The maximum absolute atomic E-state index is 5.62. The van der Waals surface area contributed by atoms with Crippen molar-refractivity contribution in [3.63, 3.8) is 0 Å². The predicted molar refractivity (Wildman–Crippen MR) is 123 cm³/mol. The van der Waals surface area contributed by atoms with Crippen LogP contribution in [0.4, 0.5) is 11.6 Å². The van der Waals surface area contributed by atoms with Crippen molar-refractivity contribution in [1.82, 2.24) is 29.4 Å². The molecule has 1 unspecified atom stereocenters. The molecule has 5 rings (SSSR count). The highest BCUT2D eigenvalue weighted by atomic mass is 79.9. The molecule has 9 heteroatoms. The maximum atomic E-state index is 5.62. The van der Waals surface area contributed by atoms with Gasteiger partial charge in [0, 0.05) is 41.7 Å². The zero-order valence-corrected chi connectivity index (χ0v) is 18.6. The average molecular weight is 478 g/mol. The summed E-state index contributed by atoms with van der Waals surface area (Å²) in [5.74, 6) is 0.509. The molecule has 0 saturated heterocycles. The van der Waals surface area contributed by atoms with Crippen molar-refractivity contribution in [3.05, 3.63) is 65.7 Å². The van der Waals surface area contributed by atoms with Crippen LogP contribution < -0.4 is 5.32 Å². The molecule has 1 aromatic carbocycles. The molecule has 0 saturated carbocycles. The maximum Gasteiger partial charge on any atom is 0.247 e. The van der Waals surface area contributed by atoms with Crippen LogP contribution >= 0.6 is 15.9 Å². The van der Waals surface area contributed by atoms with Gasteiger partial charge in [0.1, 0.15) is 6.23 Å². The second kappa shape index (κ2) is 8.09. The highest BCUT2D eigenvalue weighted by Gasteiger charge is 2.15. The van der Waals surface area contributed by atoms with Crippen molar-refractivity contribution in [2.24, 2.45) is 0 Å². The summed E-state index contributed by atoms with van der Waals surface area (Å²) in [6.45, 7) is 4.57. The zero-order chi connectivity index (χ0) is 21.4. The second-order valence-electron chi connectivity index (χ2n) is 7.01. The standard InChI is InChI=1S/C22H20BrN7O/c1-3-31-14(2)30-13-15(12-25-30)16-9-11-29-21(20(16)23)27-22(28-29)26-19-8-10-24-18-7-5-4-6-17(18)19/h4-14H,3H2,1-2H3,(H,24,26,28). The molecule has 0 amide bonds. The van der Waals surface area contributed by atoms with Crippen molar-refractivity contribution >= 4 is 44.1 Å². The molecule has 0 aliphatic heterocycles. The van der Waals surface area contributed by atoms with Gasteiger partial charge < -0.3 is 10.1 Å². The van der Waals surface area contributed by atoms with Crippen LogP contribution in [0.15, 0.2) is 65.7 Å². The Morgan fingerprint density at radius 1 is 1.19 bits per heavy atom. The monoisotopic (exact) mass is 477 g/mol. The Labute approximate surface area is 187 Å². The molecule has 8 nitrogen and oxygen atoms in total. The van der Waals surface area contributed by atoms with E-state index in [1.807, 2.05) is 68.8 Å². The van der Waals surface area contributed by atoms with Crippen LogP contribution in [0.3, 0.4) is 0 Å². The molecular formula is C22H20BrN7O. The summed E-state index contributed by atoms with van der Waals surface area (Å²) in [5, 5.41) is 13.3. The van der Waals surface area contributed by atoms with Crippen molar-refractivity contribution < 1.29 is 4.74 Å². The number of aromatic nitrogens is 6. The second-order valence-corrected chi connectivity index (χ2v) is 7.80. The molecular weight excluding hydrogens is 458 g/mol. The summed E-state index contributed by atoms with van der Waals surface area (Å²) < 4.78 is 10.0. The van der Waals surface area contributed by atoms with Crippen molar-refractivity contribution in [3.8, 4) is 11.1 Å². The Balaban J connectivity index is 1.49. The number of para-hydroxylation sites is 1. The van der Waals surface area contributed by atoms with Crippen LogP contribution in [0.5, 0.6) is 0 Å². The summed E-state index contributed by atoms with van der Waals surface area (Å²) in [6.07, 6.45) is 7.33. The Bertz CT molecular complexity index is 1370. The third-order valence-corrected chi connectivity index (χ3v) is 5.82. The number of hydrogen-bond donors (Lipinski definition) is 1. The summed E-state index contributed by atoms with van der Waals surface area (Å²) in [4.78, 5) is 9.09. The molecule has 0 radical (unpaired) electrons. The molecule has 0 bridgehead atoms. The van der Waals surface area contributed by atoms with E-state index in [1.165, 1.54) is 0 Å². The van der Waals surface area contributed by atoms with Crippen LogP contribution in [-0.2, 0) is 4.74 Å². The van der Waals surface area contributed by atoms with E-state index >= 15 is 0 Å². The average Bonchev–Trinajstić information content (AvgIpc) is 3.42. The normalized spacial score (nSPS) is 12.5. The molecule has 5 aromatic rings. The van der Waals surface area contributed by atoms with Gasteiger partial charge in [0.15, 0.2) is 5.65 Å². The number of benzene rings is 1. The minimum atomic E-state index is -0.125. The quantitative estimate of drug-likeness (QED) is 0.361. The number of halogens is 1. The van der Waals surface area contributed by atoms with Crippen molar-refractivity contribution in [2.45, 2.75) is 20.1 Å². The number of fused-ring (bicyclic) bond motifs is 2. The first-order valence-corrected chi connectivity index (χ1v) is 10.7. The molecule has 0 aliphatic rings. The van der Waals surface area contributed by atoms with E-state index in [9.17, 15) is 0 Å². The topological polar surface area (TPSA) is 82.2 Å². The molecule has 156 valence electrons. The van der Waals surface area contributed by atoms with Crippen LogP contribution in [0.1, 0.15) is 20.1 Å². The summed E-state index contributed by atoms with van der Waals surface area (Å²) in [7, 11) is 0. The van der Waals surface area contributed by atoms with Crippen LogP contribution in [0.25, 0.3) is 27.7 Å². The van der Waals surface area contributed by atoms with Gasteiger partial charge in [-0.15, -0.1) is 5.10 Å². The summed E-state index contributed by atoms with van der Waals surface area (Å²) >= 11 is 3.70. The lowest BCUT2D eigenvalue weighted by molar-refractivity contribution is 0.0160. The summed E-state index contributed by atoms with van der Waals surface area (Å²) in [6, 6.07) is 11.9. The van der Waals surface area contributed by atoms with Gasteiger partial charge in [-0.1, -0.05) is 18.2 Å². The Hall–Kier alpha value is -3.30.